The van der Waals surface area contributed by atoms with Crippen LogP contribution in [0.25, 0.3) is 11.0 Å². The van der Waals surface area contributed by atoms with E-state index in [1.807, 2.05) is 6.92 Å². The molecule has 1 aliphatic heterocycles. The van der Waals surface area contributed by atoms with Gasteiger partial charge in [-0.05, 0) is 49.7 Å². The lowest BCUT2D eigenvalue weighted by molar-refractivity contribution is -0.147. The number of amides is 1. The van der Waals surface area contributed by atoms with Crippen molar-refractivity contribution in [1.29, 1.82) is 0 Å². The number of carbonyl (C=O) groups is 2. The van der Waals surface area contributed by atoms with Crippen molar-refractivity contribution in [1.82, 2.24) is 24.7 Å². The Bertz CT molecular complexity index is 1560. The number of H-pyrrole nitrogens is 1. The third-order valence-electron chi connectivity index (χ3n) is 8.72. The first-order valence-electron chi connectivity index (χ1n) is 14.6. The second-order valence-electron chi connectivity index (χ2n) is 11.5. The van der Waals surface area contributed by atoms with Crippen LogP contribution in [0.2, 0.25) is 0 Å². The minimum Gasteiger partial charge on any atom is -0.466 e. The highest BCUT2D eigenvalue weighted by atomic mass is 32.2. The number of imidazole rings is 1. The molecule has 1 aromatic carbocycles. The van der Waals surface area contributed by atoms with Crippen LogP contribution in [0.3, 0.4) is 0 Å². The van der Waals surface area contributed by atoms with Crippen LogP contribution in [0.15, 0.2) is 22.9 Å². The molecule has 3 aromatic rings. The van der Waals surface area contributed by atoms with Gasteiger partial charge in [-0.1, -0.05) is 37.9 Å². The first-order valence-corrected chi connectivity index (χ1v) is 16.4. The minimum atomic E-state index is -3.61. The van der Waals surface area contributed by atoms with E-state index in [1.54, 1.807) is 19.1 Å². The Balaban J connectivity index is 1.51. The molecular weight excluding hydrogens is 565 g/mol. The highest BCUT2D eigenvalue weighted by Gasteiger charge is 2.44. The number of aromatic amines is 1. The fourth-order valence-electron chi connectivity index (χ4n) is 6.30. The van der Waals surface area contributed by atoms with Gasteiger partial charge in [0.25, 0.3) is 5.91 Å². The molecule has 228 valence electrons. The number of halogens is 1. The van der Waals surface area contributed by atoms with Crippen LogP contribution in [-0.4, -0.2) is 65.7 Å². The molecule has 1 saturated carbocycles. The lowest BCUT2D eigenvalue weighted by Gasteiger charge is -2.32. The summed E-state index contributed by atoms with van der Waals surface area (Å²) in [6, 6.07) is 2.76. The highest BCUT2D eigenvalue weighted by molar-refractivity contribution is 7.88. The van der Waals surface area contributed by atoms with E-state index in [9.17, 15) is 18.0 Å². The summed E-state index contributed by atoms with van der Waals surface area (Å²) in [5.74, 6) is -1.99. The number of ether oxygens (including phenoxy) is 1. The van der Waals surface area contributed by atoms with Crippen LogP contribution in [0, 0.1) is 23.6 Å². The normalized spacial score (nSPS) is 24.1. The summed E-state index contributed by atoms with van der Waals surface area (Å²) in [6.07, 6.45) is 6.72. The van der Waals surface area contributed by atoms with Gasteiger partial charge in [0.1, 0.15) is 23.2 Å². The standard InChI is InChI=1S/C29H38FN5O6S/c1-5-22-21(15-41-34-22)28(36)33-25(17-9-7-16(3)8-10-17)27-31-23-12-11-18(24(30)26(23)32-27)19-13-35(42(4,38)39)14-20(19)29(37)40-6-2/h11-12,15-17,19-20,25H,5-10,13-14H2,1-4H3,(H,31,32)(H,33,36)/t16-,17-,19?,20?,25-/m0/s1. The zero-order valence-electron chi connectivity index (χ0n) is 24.4. The predicted molar refractivity (Wildman–Crippen MR) is 153 cm³/mol. The SMILES string of the molecule is CCOC(=O)C1CN(S(C)(=O)=O)CC1c1ccc2[nH]c([C@@H](NC(=O)c3conc3CC)[C@H]3CC[C@H](C)CC3)nc2c1F. The highest BCUT2D eigenvalue weighted by Crippen LogP contribution is 2.40. The van der Waals surface area contributed by atoms with Crippen LogP contribution in [0.4, 0.5) is 4.39 Å². The number of hydrogen-bond donors (Lipinski definition) is 2. The molecule has 3 atom stereocenters. The number of benzene rings is 1. The molecule has 0 spiro atoms. The van der Waals surface area contributed by atoms with Crippen LogP contribution in [0.5, 0.6) is 0 Å². The van der Waals surface area contributed by atoms with Gasteiger partial charge >= 0.3 is 5.97 Å². The summed E-state index contributed by atoms with van der Waals surface area (Å²) in [6.45, 7) is 5.78. The van der Waals surface area contributed by atoms with Gasteiger partial charge in [0, 0.05) is 19.0 Å². The van der Waals surface area contributed by atoms with Gasteiger partial charge in [0.15, 0.2) is 5.82 Å². The minimum absolute atomic E-state index is 0.0422. The number of nitrogens with zero attached hydrogens (tertiary/aromatic N) is 3. The van der Waals surface area contributed by atoms with E-state index in [-0.39, 0.29) is 42.6 Å². The molecular formula is C29H38FN5O6S. The van der Waals surface area contributed by atoms with Crippen molar-refractivity contribution in [3.63, 3.8) is 0 Å². The van der Waals surface area contributed by atoms with Crippen molar-refractivity contribution < 1.29 is 31.7 Å². The van der Waals surface area contributed by atoms with Gasteiger partial charge < -0.3 is 19.6 Å². The fraction of sp³-hybridized carbons (Fsp3) is 0.586. The van der Waals surface area contributed by atoms with Crippen LogP contribution in [0.1, 0.15) is 85.9 Å². The molecule has 0 radical (unpaired) electrons. The van der Waals surface area contributed by atoms with E-state index in [4.69, 9.17) is 9.26 Å². The summed E-state index contributed by atoms with van der Waals surface area (Å²) >= 11 is 0. The molecule has 1 amide bonds. The van der Waals surface area contributed by atoms with Gasteiger partial charge in [-0.15, -0.1) is 0 Å². The van der Waals surface area contributed by atoms with Crippen LogP contribution in [-0.2, 0) is 26.0 Å². The van der Waals surface area contributed by atoms with Crippen molar-refractivity contribution in [3.05, 3.63) is 46.9 Å². The second kappa shape index (κ2) is 12.1. The molecule has 11 nitrogen and oxygen atoms in total. The molecule has 5 rings (SSSR count). The zero-order valence-corrected chi connectivity index (χ0v) is 25.2. The summed E-state index contributed by atoms with van der Waals surface area (Å²) in [5.41, 5.74) is 1.64. The van der Waals surface area contributed by atoms with Crippen LogP contribution >= 0.6 is 0 Å². The van der Waals surface area contributed by atoms with Gasteiger partial charge in [0.2, 0.25) is 10.0 Å². The molecule has 1 aliphatic carbocycles. The van der Waals surface area contributed by atoms with E-state index >= 15 is 4.39 Å². The Kier molecular flexibility index (Phi) is 8.70. The maximum Gasteiger partial charge on any atom is 0.310 e. The number of aromatic nitrogens is 3. The molecule has 2 fully saturated rings. The van der Waals surface area contributed by atoms with Gasteiger partial charge in [-0.3, -0.25) is 9.59 Å². The molecule has 0 bridgehead atoms. The smallest absolute Gasteiger partial charge is 0.310 e. The molecule has 1 saturated heterocycles. The van der Waals surface area contributed by atoms with Crippen molar-refractivity contribution in [2.45, 2.75) is 64.8 Å². The number of fused-ring (bicyclic) bond motifs is 1. The van der Waals surface area contributed by atoms with Gasteiger partial charge in [0.05, 0.1) is 36.0 Å². The third-order valence-corrected chi connectivity index (χ3v) is 9.96. The number of rotatable bonds is 9. The molecule has 42 heavy (non-hydrogen) atoms. The monoisotopic (exact) mass is 603 g/mol. The van der Waals surface area contributed by atoms with Crippen molar-refractivity contribution in [2.75, 3.05) is 26.0 Å². The Morgan fingerprint density at radius 2 is 1.95 bits per heavy atom. The topological polar surface area (TPSA) is 147 Å². The fourth-order valence-corrected chi connectivity index (χ4v) is 7.16. The quantitative estimate of drug-likeness (QED) is 0.348. The first kappa shape index (κ1) is 30.1. The molecule has 13 heteroatoms. The Labute approximate surface area is 244 Å². The summed E-state index contributed by atoms with van der Waals surface area (Å²) in [5, 5.41) is 7.03. The predicted octanol–water partition coefficient (Wildman–Crippen LogP) is 4.09. The number of aryl methyl sites for hydroxylation is 1. The first-order chi connectivity index (χ1) is 20.0. The van der Waals surface area contributed by atoms with Gasteiger partial charge in [-0.25, -0.2) is 22.1 Å². The Morgan fingerprint density at radius 1 is 1.21 bits per heavy atom. The second-order valence-corrected chi connectivity index (χ2v) is 13.5. The average Bonchev–Trinajstić information content (AvgIpc) is 3.71. The number of hydrogen-bond acceptors (Lipinski definition) is 8. The van der Waals surface area contributed by atoms with Crippen molar-refractivity contribution in [3.8, 4) is 0 Å². The summed E-state index contributed by atoms with van der Waals surface area (Å²) in [7, 11) is -3.61. The molecule has 2 unspecified atom stereocenters. The Hall–Kier alpha value is -3.32. The molecule has 2 aliphatic rings. The average molecular weight is 604 g/mol. The van der Waals surface area contributed by atoms with E-state index in [0.717, 1.165) is 31.9 Å². The number of carbonyl (C=O) groups excluding carboxylic acids is 2. The maximum absolute atomic E-state index is 16.2. The maximum atomic E-state index is 16.2. The van der Waals surface area contributed by atoms with E-state index in [2.05, 4.69) is 27.4 Å². The lowest BCUT2D eigenvalue weighted by atomic mass is 9.79. The lowest BCUT2D eigenvalue weighted by Crippen LogP contribution is -2.36. The Morgan fingerprint density at radius 3 is 2.62 bits per heavy atom. The van der Waals surface area contributed by atoms with E-state index < -0.39 is 39.7 Å². The molecule has 2 aromatic heterocycles. The number of nitrogens with one attached hydrogen (secondary N) is 2. The summed E-state index contributed by atoms with van der Waals surface area (Å²) < 4.78 is 52.3. The molecule has 2 N–H and O–H groups in total. The number of esters is 1. The van der Waals surface area contributed by atoms with Crippen molar-refractivity contribution in [2.24, 2.45) is 17.8 Å². The largest absolute Gasteiger partial charge is 0.466 e. The van der Waals surface area contributed by atoms with Crippen molar-refractivity contribution >= 4 is 32.9 Å². The van der Waals surface area contributed by atoms with Gasteiger partial charge in [-0.2, -0.15) is 0 Å². The third kappa shape index (κ3) is 5.94. The number of sulfonamides is 1. The molecule has 3 heterocycles. The zero-order chi connectivity index (χ0) is 30.2. The van der Waals surface area contributed by atoms with Crippen LogP contribution < -0.4 is 5.32 Å². The summed E-state index contributed by atoms with van der Waals surface area (Å²) in [4.78, 5) is 34.0. The van der Waals surface area contributed by atoms with E-state index in [0.29, 0.717) is 34.9 Å². The van der Waals surface area contributed by atoms with E-state index in [1.165, 1.54) is 10.6 Å².